The lowest BCUT2D eigenvalue weighted by Crippen LogP contribution is -2.28. The standard InChI is InChI=1S/C17H27NO/c1-17(2,3)11-13-7-8-16(19-4)15(10-13)14-6-5-9-18-12-14/h7-8,10,14,18H,5-6,9,11-12H2,1-4H3. The maximum absolute atomic E-state index is 5.56. The molecule has 1 atom stereocenters. The summed E-state index contributed by atoms with van der Waals surface area (Å²) in [6.07, 6.45) is 3.64. The molecule has 1 unspecified atom stereocenters. The van der Waals surface area contributed by atoms with E-state index in [0.29, 0.717) is 11.3 Å². The lowest BCUT2D eigenvalue weighted by molar-refractivity contribution is 0.389. The minimum absolute atomic E-state index is 0.330. The summed E-state index contributed by atoms with van der Waals surface area (Å²) < 4.78 is 5.56. The van der Waals surface area contributed by atoms with E-state index in [1.54, 1.807) is 7.11 Å². The van der Waals surface area contributed by atoms with Crippen LogP contribution in [0, 0.1) is 5.41 Å². The van der Waals surface area contributed by atoms with Gasteiger partial charge in [0.1, 0.15) is 5.75 Å². The molecule has 0 saturated carbocycles. The Morgan fingerprint density at radius 1 is 1.32 bits per heavy atom. The molecular weight excluding hydrogens is 234 g/mol. The first-order chi connectivity index (χ1) is 8.99. The summed E-state index contributed by atoms with van der Waals surface area (Å²) in [5.41, 5.74) is 3.14. The highest BCUT2D eigenvalue weighted by atomic mass is 16.5. The van der Waals surface area contributed by atoms with E-state index in [9.17, 15) is 0 Å². The van der Waals surface area contributed by atoms with Crippen molar-refractivity contribution < 1.29 is 4.74 Å². The quantitative estimate of drug-likeness (QED) is 0.894. The van der Waals surface area contributed by atoms with Gasteiger partial charge in [-0.2, -0.15) is 0 Å². The molecule has 1 N–H and O–H groups in total. The van der Waals surface area contributed by atoms with Crippen molar-refractivity contribution in [3.8, 4) is 5.75 Å². The molecule has 2 nitrogen and oxygen atoms in total. The topological polar surface area (TPSA) is 21.3 Å². The molecule has 1 aliphatic rings. The van der Waals surface area contributed by atoms with Crippen LogP contribution in [-0.2, 0) is 6.42 Å². The van der Waals surface area contributed by atoms with Crippen LogP contribution in [0.15, 0.2) is 18.2 Å². The van der Waals surface area contributed by atoms with Gasteiger partial charge in [0, 0.05) is 12.5 Å². The fourth-order valence-electron chi connectivity index (χ4n) is 2.94. The van der Waals surface area contributed by atoms with Gasteiger partial charge in [0.25, 0.3) is 0 Å². The van der Waals surface area contributed by atoms with Crippen molar-refractivity contribution in [2.24, 2.45) is 5.41 Å². The molecule has 1 aromatic rings. The zero-order valence-corrected chi connectivity index (χ0v) is 12.8. The lowest BCUT2D eigenvalue weighted by Gasteiger charge is -2.26. The molecule has 0 aromatic heterocycles. The Kier molecular flexibility index (Phi) is 4.51. The smallest absolute Gasteiger partial charge is 0.122 e. The number of nitrogens with one attached hydrogen (secondary N) is 1. The number of rotatable bonds is 3. The summed E-state index contributed by atoms with van der Waals surface area (Å²) in [5.74, 6) is 1.65. The monoisotopic (exact) mass is 261 g/mol. The highest BCUT2D eigenvalue weighted by Crippen LogP contribution is 2.33. The van der Waals surface area contributed by atoms with E-state index in [-0.39, 0.29) is 0 Å². The average molecular weight is 261 g/mol. The molecule has 2 rings (SSSR count). The molecule has 106 valence electrons. The summed E-state index contributed by atoms with van der Waals surface area (Å²) in [7, 11) is 1.78. The number of piperidine rings is 1. The van der Waals surface area contributed by atoms with Gasteiger partial charge in [0.05, 0.1) is 7.11 Å². The van der Waals surface area contributed by atoms with Crippen molar-refractivity contribution >= 4 is 0 Å². The Balaban J connectivity index is 2.25. The molecule has 0 spiro atoms. The number of hydrogen-bond donors (Lipinski definition) is 1. The molecule has 0 bridgehead atoms. The largest absolute Gasteiger partial charge is 0.496 e. The second-order valence-electron chi connectivity index (χ2n) is 6.86. The van der Waals surface area contributed by atoms with Crippen molar-refractivity contribution in [2.75, 3.05) is 20.2 Å². The van der Waals surface area contributed by atoms with Crippen molar-refractivity contribution in [1.82, 2.24) is 5.32 Å². The van der Waals surface area contributed by atoms with E-state index in [1.807, 2.05) is 0 Å². The molecule has 0 radical (unpaired) electrons. The van der Waals surface area contributed by atoms with Gasteiger partial charge >= 0.3 is 0 Å². The number of benzene rings is 1. The molecule has 0 aliphatic carbocycles. The first kappa shape index (κ1) is 14.4. The average Bonchev–Trinajstić information content (AvgIpc) is 2.38. The zero-order chi connectivity index (χ0) is 13.9. The second-order valence-corrected chi connectivity index (χ2v) is 6.86. The van der Waals surface area contributed by atoms with Crippen LogP contribution in [-0.4, -0.2) is 20.2 Å². The van der Waals surface area contributed by atoms with Crippen LogP contribution in [0.1, 0.15) is 50.7 Å². The Bertz CT molecular complexity index is 414. The van der Waals surface area contributed by atoms with Crippen molar-refractivity contribution in [3.05, 3.63) is 29.3 Å². The van der Waals surface area contributed by atoms with Crippen LogP contribution >= 0.6 is 0 Å². The SMILES string of the molecule is COc1ccc(CC(C)(C)C)cc1C1CCCNC1. The number of hydrogen-bond acceptors (Lipinski definition) is 2. The van der Waals surface area contributed by atoms with Gasteiger partial charge in [0.15, 0.2) is 0 Å². The summed E-state index contributed by atoms with van der Waals surface area (Å²) in [5, 5.41) is 3.50. The van der Waals surface area contributed by atoms with Crippen LogP contribution < -0.4 is 10.1 Å². The van der Waals surface area contributed by atoms with Crippen LogP contribution in [0.4, 0.5) is 0 Å². The first-order valence-corrected chi connectivity index (χ1v) is 7.37. The highest BCUT2D eigenvalue weighted by molar-refractivity contribution is 5.40. The second kappa shape index (κ2) is 5.96. The van der Waals surface area contributed by atoms with Crippen LogP contribution in [0.25, 0.3) is 0 Å². The normalized spacial score (nSPS) is 20.3. The Hall–Kier alpha value is -1.02. The van der Waals surface area contributed by atoms with E-state index in [1.165, 1.54) is 24.0 Å². The number of ether oxygens (including phenoxy) is 1. The van der Waals surface area contributed by atoms with Gasteiger partial charge in [-0.05, 0) is 48.4 Å². The van der Waals surface area contributed by atoms with Crippen LogP contribution in [0.2, 0.25) is 0 Å². The van der Waals surface area contributed by atoms with Crippen molar-refractivity contribution in [1.29, 1.82) is 0 Å². The van der Waals surface area contributed by atoms with E-state index >= 15 is 0 Å². The fraction of sp³-hybridized carbons (Fsp3) is 0.647. The van der Waals surface area contributed by atoms with E-state index < -0.39 is 0 Å². The minimum Gasteiger partial charge on any atom is -0.496 e. The molecule has 1 aromatic carbocycles. The molecule has 1 aliphatic heterocycles. The third kappa shape index (κ3) is 3.97. The Morgan fingerprint density at radius 3 is 2.68 bits per heavy atom. The molecular formula is C17H27NO. The third-order valence-corrected chi connectivity index (χ3v) is 3.77. The van der Waals surface area contributed by atoms with Gasteiger partial charge in [-0.1, -0.05) is 32.9 Å². The maximum atomic E-state index is 5.56. The van der Waals surface area contributed by atoms with Crippen molar-refractivity contribution in [2.45, 2.75) is 46.0 Å². The van der Waals surface area contributed by atoms with E-state index in [0.717, 1.165) is 25.3 Å². The van der Waals surface area contributed by atoms with Gasteiger partial charge < -0.3 is 10.1 Å². The minimum atomic E-state index is 0.330. The molecule has 1 saturated heterocycles. The molecule has 1 fully saturated rings. The van der Waals surface area contributed by atoms with E-state index in [4.69, 9.17) is 4.74 Å². The predicted octanol–water partition coefficient (Wildman–Crippen LogP) is 3.75. The van der Waals surface area contributed by atoms with E-state index in [2.05, 4.69) is 44.3 Å². The van der Waals surface area contributed by atoms with Gasteiger partial charge in [-0.3, -0.25) is 0 Å². The molecule has 19 heavy (non-hydrogen) atoms. The molecule has 1 heterocycles. The van der Waals surface area contributed by atoms with Gasteiger partial charge in [0.2, 0.25) is 0 Å². The van der Waals surface area contributed by atoms with Gasteiger partial charge in [-0.25, -0.2) is 0 Å². The summed E-state index contributed by atoms with van der Waals surface area (Å²) >= 11 is 0. The van der Waals surface area contributed by atoms with Crippen molar-refractivity contribution in [3.63, 3.8) is 0 Å². The maximum Gasteiger partial charge on any atom is 0.122 e. The predicted molar refractivity (Wildman–Crippen MR) is 81.0 cm³/mol. The zero-order valence-electron chi connectivity index (χ0n) is 12.8. The fourth-order valence-corrected chi connectivity index (χ4v) is 2.94. The summed E-state index contributed by atoms with van der Waals surface area (Å²) in [6.45, 7) is 9.10. The van der Waals surface area contributed by atoms with Crippen LogP contribution in [0.5, 0.6) is 5.75 Å². The summed E-state index contributed by atoms with van der Waals surface area (Å²) in [4.78, 5) is 0. The van der Waals surface area contributed by atoms with Crippen LogP contribution in [0.3, 0.4) is 0 Å². The Labute approximate surface area is 117 Å². The Morgan fingerprint density at radius 2 is 2.11 bits per heavy atom. The highest BCUT2D eigenvalue weighted by Gasteiger charge is 2.20. The number of methoxy groups -OCH3 is 1. The lowest BCUT2D eigenvalue weighted by atomic mass is 9.85. The first-order valence-electron chi connectivity index (χ1n) is 7.37. The molecule has 0 amide bonds. The summed E-state index contributed by atoms with van der Waals surface area (Å²) in [6, 6.07) is 6.72. The molecule has 2 heteroatoms. The third-order valence-electron chi connectivity index (χ3n) is 3.77. The van der Waals surface area contributed by atoms with Gasteiger partial charge in [-0.15, -0.1) is 0 Å².